The molecule has 0 saturated carbocycles. The van der Waals surface area contributed by atoms with Crippen LogP contribution in [0.5, 0.6) is 0 Å². The van der Waals surface area contributed by atoms with Crippen LogP contribution in [0.25, 0.3) is 10.2 Å². The lowest BCUT2D eigenvalue weighted by molar-refractivity contribution is 1.44. The minimum absolute atomic E-state index is 0.415. The van der Waals surface area contributed by atoms with E-state index < -0.39 is 0 Å². The van der Waals surface area contributed by atoms with Gasteiger partial charge in [0, 0.05) is 5.02 Å². The number of hydrogen-bond donors (Lipinski definition) is 1. The van der Waals surface area contributed by atoms with E-state index in [1.54, 1.807) is 12.1 Å². The van der Waals surface area contributed by atoms with E-state index in [4.69, 9.17) is 46.4 Å². The van der Waals surface area contributed by atoms with E-state index in [9.17, 15) is 0 Å². The highest BCUT2D eigenvalue weighted by molar-refractivity contribution is 7.22. The van der Waals surface area contributed by atoms with Crippen molar-refractivity contribution in [2.45, 2.75) is 0 Å². The zero-order chi connectivity index (χ0) is 14.3. The SMILES string of the molecule is Clc1ccc2sc(Nc3cc(Cl)c(Cl)cc3Cl)nc2c1. The van der Waals surface area contributed by atoms with Gasteiger partial charge in [0.2, 0.25) is 0 Å². The number of halogens is 4. The van der Waals surface area contributed by atoms with Crippen LogP contribution in [0.15, 0.2) is 30.3 Å². The van der Waals surface area contributed by atoms with Crippen molar-refractivity contribution in [3.8, 4) is 0 Å². The molecule has 0 aliphatic heterocycles. The lowest BCUT2D eigenvalue weighted by Gasteiger charge is -2.06. The molecule has 0 radical (unpaired) electrons. The minimum atomic E-state index is 0.415. The molecule has 3 aromatic rings. The number of nitrogens with one attached hydrogen (secondary N) is 1. The molecule has 0 atom stereocenters. The highest BCUT2D eigenvalue weighted by atomic mass is 35.5. The first-order valence-corrected chi connectivity index (χ1v) is 7.83. The summed E-state index contributed by atoms with van der Waals surface area (Å²) >= 11 is 25.5. The predicted molar refractivity (Wildman–Crippen MR) is 89.4 cm³/mol. The Morgan fingerprint density at radius 1 is 0.900 bits per heavy atom. The molecule has 0 spiro atoms. The second-order valence-corrected chi connectivity index (χ2v) is 6.69. The third-order valence-electron chi connectivity index (χ3n) is 2.60. The van der Waals surface area contributed by atoms with Crippen LogP contribution in [-0.4, -0.2) is 4.98 Å². The van der Waals surface area contributed by atoms with Crippen molar-refractivity contribution in [3.05, 3.63) is 50.4 Å². The van der Waals surface area contributed by atoms with E-state index in [2.05, 4.69) is 10.3 Å². The number of fused-ring (bicyclic) bond motifs is 1. The summed E-state index contributed by atoms with van der Waals surface area (Å²) in [7, 11) is 0. The third kappa shape index (κ3) is 2.83. The van der Waals surface area contributed by atoms with Gasteiger partial charge in [0.1, 0.15) is 0 Å². The Hall–Kier alpha value is -0.710. The average Bonchev–Trinajstić information content (AvgIpc) is 2.77. The fraction of sp³-hybridized carbons (Fsp3) is 0. The van der Waals surface area contributed by atoms with Crippen molar-refractivity contribution in [1.82, 2.24) is 4.98 Å². The first-order chi connectivity index (χ1) is 9.52. The normalized spacial score (nSPS) is 11.0. The van der Waals surface area contributed by atoms with Crippen molar-refractivity contribution >= 4 is 78.8 Å². The summed E-state index contributed by atoms with van der Waals surface area (Å²) in [5.41, 5.74) is 1.49. The van der Waals surface area contributed by atoms with Crippen molar-refractivity contribution in [2.75, 3.05) is 5.32 Å². The number of nitrogens with zero attached hydrogens (tertiary/aromatic N) is 1. The van der Waals surface area contributed by atoms with Gasteiger partial charge in [-0.1, -0.05) is 57.7 Å². The standard InChI is InChI=1S/C13H6Cl4N2S/c14-6-1-2-12-11(3-6)19-13(20-12)18-10-5-8(16)7(15)4-9(10)17/h1-5H,(H,18,19). The monoisotopic (exact) mass is 362 g/mol. The van der Waals surface area contributed by atoms with Crippen LogP contribution in [0.2, 0.25) is 20.1 Å². The Morgan fingerprint density at radius 3 is 2.45 bits per heavy atom. The molecule has 1 aromatic heterocycles. The molecule has 0 bridgehead atoms. The van der Waals surface area contributed by atoms with Crippen LogP contribution in [0.3, 0.4) is 0 Å². The molecule has 102 valence electrons. The molecule has 2 aromatic carbocycles. The maximum atomic E-state index is 6.13. The van der Waals surface area contributed by atoms with Crippen LogP contribution >= 0.6 is 57.7 Å². The van der Waals surface area contributed by atoms with Gasteiger partial charge in [-0.25, -0.2) is 4.98 Å². The molecule has 1 N–H and O–H groups in total. The van der Waals surface area contributed by atoms with Crippen molar-refractivity contribution < 1.29 is 0 Å². The summed E-state index contributed by atoms with van der Waals surface area (Å²) in [5, 5.41) is 5.83. The number of rotatable bonds is 2. The predicted octanol–water partition coefficient (Wildman–Crippen LogP) is 6.65. The van der Waals surface area contributed by atoms with Gasteiger partial charge < -0.3 is 5.32 Å². The Bertz CT molecular complexity index is 800. The lowest BCUT2D eigenvalue weighted by Crippen LogP contribution is -1.90. The van der Waals surface area contributed by atoms with Crippen LogP contribution in [0.4, 0.5) is 10.8 Å². The molecule has 7 heteroatoms. The zero-order valence-corrected chi connectivity index (χ0v) is 13.6. The molecule has 0 aliphatic rings. The first-order valence-electron chi connectivity index (χ1n) is 5.50. The number of thiazole rings is 1. The zero-order valence-electron chi connectivity index (χ0n) is 9.75. The lowest BCUT2D eigenvalue weighted by atomic mass is 10.3. The van der Waals surface area contributed by atoms with Crippen LogP contribution in [0.1, 0.15) is 0 Å². The molecular weight excluding hydrogens is 358 g/mol. The highest BCUT2D eigenvalue weighted by Crippen LogP contribution is 2.36. The Labute approximate surface area is 139 Å². The summed E-state index contributed by atoms with van der Waals surface area (Å²) in [5.74, 6) is 0. The largest absolute Gasteiger partial charge is 0.330 e. The van der Waals surface area contributed by atoms with Crippen molar-refractivity contribution in [3.63, 3.8) is 0 Å². The molecule has 0 aliphatic carbocycles. The van der Waals surface area contributed by atoms with Gasteiger partial charge in [0.15, 0.2) is 5.13 Å². The maximum Gasteiger partial charge on any atom is 0.188 e. The smallest absolute Gasteiger partial charge is 0.188 e. The number of aromatic nitrogens is 1. The van der Waals surface area contributed by atoms with Gasteiger partial charge in [0.25, 0.3) is 0 Å². The van der Waals surface area contributed by atoms with Crippen LogP contribution in [-0.2, 0) is 0 Å². The summed E-state index contributed by atoms with van der Waals surface area (Å²) in [6, 6.07) is 8.84. The van der Waals surface area contributed by atoms with Gasteiger partial charge >= 0.3 is 0 Å². The molecule has 2 nitrogen and oxygen atoms in total. The highest BCUT2D eigenvalue weighted by Gasteiger charge is 2.09. The molecular formula is C13H6Cl4N2S. The van der Waals surface area contributed by atoms with Gasteiger partial charge in [0.05, 0.1) is 31.0 Å². The van der Waals surface area contributed by atoms with E-state index in [-0.39, 0.29) is 0 Å². The first kappa shape index (κ1) is 14.2. The number of hydrogen-bond acceptors (Lipinski definition) is 3. The fourth-order valence-corrected chi connectivity index (χ4v) is 3.31. The molecule has 0 amide bonds. The van der Waals surface area contributed by atoms with Crippen LogP contribution in [0, 0.1) is 0 Å². The topological polar surface area (TPSA) is 24.9 Å². The fourth-order valence-electron chi connectivity index (χ4n) is 1.69. The van der Waals surface area contributed by atoms with Crippen molar-refractivity contribution in [1.29, 1.82) is 0 Å². The van der Waals surface area contributed by atoms with Crippen LogP contribution < -0.4 is 5.32 Å². The minimum Gasteiger partial charge on any atom is -0.330 e. The van der Waals surface area contributed by atoms with Gasteiger partial charge in [-0.15, -0.1) is 0 Å². The average molecular weight is 364 g/mol. The molecule has 0 saturated heterocycles. The van der Waals surface area contributed by atoms with E-state index in [1.165, 1.54) is 11.3 Å². The van der Waals surface area contributed by atoms with Gasteiger partial charge in [-0.2, -0.15) is 0 Å². The van der Waals surface area contributed by atoms with Crippen molar-refractivity contribution in [2.24, 2.45) is 0 Å². The summed E-state index contributed by atoms with van der Waals surface area (Å²) in [4.78, 5) is 4.45. The van der Waals surface area contributed by atoms with E-state index in [0.29, 0.717) is 30.9 Å². The Morgan fingerprint density at radius 2 is 1.65 bits per heavy atom. The van der Waals surface area contributed by atoms with Gasteiger partial charge in [-0.3, -0.25) is 0 Å². The quantitative estimate of drug-likeness (QED) is 0.515. The van der Waals surface area contributed by atoms with E-state index >= 15 is 0 Å². The summed E-state index contributed by atoms with van der Waals surface area (Å²) in [6.07, 6.45) is 0. The molecule has 1 heterocycles. The molecule has 20 heavy (non-hydrogen) atoms. The Kier molecular flexibility index (Phi) is 3.98. The number of benzene rings is 2. The van der Waals surface area contributed by atoms with Gasteiger partial charge in [-0.05, 0) is 30.3 Å². The molecule has 0 fully saturated rings. The second-order valence-electron chi connectivity index (χ2n) is 4.00. The summed E-state index contributed by atoms with van der Waals surface area (Å²) < 4.78 is 1.04. The second kappa shape index (κ2) is 5.58. The third-order valence-corrected chi connectivity index (χ3v) is 4.82. The Balaban J connectivity index is 1.99. The molecule has 0 unspecified atom stereocenters. The molecule has 3 rings (SSSR count). The maximum absolute atomic E-state index is 6.13. The van der Waals surface area contributed by atoms with E-state index in [1.807, 2.05) is 18.2 Å². The summed E-state index contributed by atoms with van der Waals surface area (Å²) in [6.45, 7) is 0. The van der Waals surface area contributed by atoms with E-state index in [0.717, 1.165) is 10.2 Å². The number of anilines is 2.